The van der Waals surface area contributed by atoms with Gasteiger partial charge in [-0.2, -0.15) is 0 Å². The molecule has 0 bridgehead atoms. The molecule has 1 aromatic rings. The van der Waals surface area contributed by atoms with Crippen LogP contribution in [0.15, 0.2) is 12.1 Å². The highest BCUT2D eigenvalue weighted by Gasteiger charge is 2.25. The topological polar surface area (TPSA) is 35.5 Å². The normalized spacial score (nSPS) is 16.9. The van der Waals surface area contributed by atoms with Crippen LogP contribution < -0.4 is 5.32 Å². The third kappa shape index (κ3) is 4.55. The molecule has 0 saturated carbocycles. The fourth-order valence-corrected chi connectivity index (χ4v) is 3.15. The summed E-state index contributed by atoms with van der Waals surface area (Å²) >= 11 is 12.1. The molecule has 3 nitrogen and oxygen atoms in total. The van der Waals surface area contributed by atoms with Crippen LogP contribution in [0.5, 0.6) is 5.75 Å². The average molecular weight is 362 g/mol. The van der Waals surface area contributed by atoms with E-state index in [2.05, 4.69) is 17.1 Å². The van der Waals surface area contributed by atoms with Gasteiger partial charge in [-0.15, -0.1) is 24.8 Å². The van der Waals surface area contributed by atoms with E-state index in [1.165, 1.54) is 0 Å². The second-order valence-electron chi connectivity index (χ2n) is 4.53. The molecule has 0 unspecified atom stereocenters. The maximum atomic E-state index is 10.1. The van der Waals surface area contributed by atoms with Crippen molar-refractivity contribution in [3.8, 4) is 5.75 Å². The van der Waals surface area contributed by atoms with E-state index < -0.39 is 0 Å². The minimum Gasteiger partial charge on any atom is -0.508 e. The van der Waals surface area contributed by atoms with Crippen molar-refractivity contribution in [1.82, 2.24) is 10.2 Å². The monoisotopic (exact) mass is 360 g/mol. The van der Waals surface area contributed by atoms with Crippen LogP contribution in [0.1, 0.15) is 24.9 Å². The van der Waals surface area contributed by atoms with Crippen molar-refractivity contribution >= 4 is 48.0 Å². The number of phenolic OH excluding ortho intramolecular Hbond substituents is 1. The fourth-order valence-electron chi connectivity index (χ4n) is 2.54. The Bertz CT molecular complexity index is 402. The predicted molar refractivity (Wildman–Crippen MR) is 90.1 cm³/mol. The molecule has 1 aromatic carbocycles. The largest absolute Gasteiger partial charge is 0.508 e. The van der Waals surface area contributed by atoms with Gasteiger partial charge in [-0.25, -0.2) is 0 Å². The first kappa shape index (κ1) is 20.1. The lowest BCUT2D eigenvalue weighted by atomic mass is 10.0. The Kier molecular flexibility index (Phi) is 9.23. The Morgan fingerprint density at radius 1 is 1.25 bits per heavy atom. The molecule has 0 spiro atoms. The van der Waals surface area contributed by atoms with Gasteiger partial charge < -0.3 is 10.4 Å². The number of rotatable bonds is 3. The molecule has 1 aliphatic rings. The number of piperazine rings is 1. The molecule has 1 heterocycles. The zero-order valence-electron chi connectivity index (χ0n) is 11.2. The molecule has 1 saturated heterocycles. The molecular formula is C13H20Cl4N2O. The summed E-state index contributed by atoms with van der Waals surface area (Å²) in [6.45, 7) is 6.00. The molecule has 0 radical (unpaired) electrons. The number of hydrogen-bond acceptors (Lipinski definition) is 3. The number of phenols is 1. The first-order valence-corrected chi connectivity index (χ1v) is 7.01. The highest BCUT2D eigenvalue weighted by Crippen LogP contribution is 2.38. The number of halogens is 4. The summed E-state index contributed by atoms with van der Waals surface area (Å²) in [6, 6.07) is 3.41. The molecular weight excluding hydrogens is 342 g/mol. The molecule has 2 N–H and O–H groups in total. The molecule has 20 heavy (non-hydrogen) atoms. The molecule has 1 aliphatic heterocycles. The second kappa shape index (κ2) is 9.19. The summed E-state index contributed by atoms with van der Waals surface area (Å²) in [5.41, 5.74) is 0.797. The molecule has 0 amide bonds. The van der Waals surface area contributed by atoms with Crippen molar-refractivity contribution < 1.29 is 5.11 Å². The van der Waals surface area contributed by atoms with E-state index in [4.69, 9.17) is 23.2 Å². The lowest BCUT2D eigenvalue weighted by Crippen LogP contribution is -2.45. The van der Waals surface area contributed by atoms with E-state index in [-0.39, 0.29) is 36.6 Å². The van der Waals surface area contributed by atoms with Gasteiger partial charge in [0.05, 0.1) is 5.02 Å². The Morgan fingerprint density at radius 2 is 1.85 bits per heavy atom. The number of nitrogens with zero attached hydrogens (tertiary/aromatic N) is 1. The summed E-state index contributed by atoms with van der Waals surface area (Å²) in [7, 11) is 0. The van der Waals surface area contributed by atoms with Gasteiger partial charge in [-0.05, 0) is 18.6 Å². The van der Waals surface area contributed by atoms with Crippen molar-refractivity contribution in [1.29, 1.82) is 0 Å². The predicted octanol–water partition coefficient (Wildman–Crippen LogP) is 3.90. The van der Waals surface area contributed by atoms with Crippen molar-refractivity contribution in [2.45, 2.75) is 19.4 Å². The Morgan fingerprint density at radius 3 is 2.35 bits per heavy atom. The fraction of sp³-hybridized carbons (Fsp3) is 0.538. The second-order valence-corrected chi connectivity index (χ2v) is 5.37. The smallest absolute Gasteiger partial charge is 0.123 e. The molecule has 1 atom stereocenters. The maximum Gasteiger partial charge on any atom is 0.123 e. The first-order valence-electron chi connectivity index (χ1n) is 6.26. The Hall–Kier alpha value is 0.1000. The minimum atomic E-state index is 0. The number of aromatic hydroxyl groups is 1. The van der Waals surface area contributed by atoms with Gasteiger partial charge in [-0.3, -0.25) is 4.90 Å². The third-order valence-corrected chi connectivity index (χ3v) is 3.92. The van der Waals surface area contributed by atoms with Gasteiger partial charge in [0, 0.05) is 42.8 Å². The van der Waals surface area contributed by atoms with Crippen LogP contribution in [-0.2, 0) is 0 Å². The lowest BCUT2D eigenvalue weighted by molar-refractivity contribution is 0.167. The van der Waals surface area contributed by atoms with Crippen molar-refractivity contribution in [3.05, 3.63) is 27.7 Å². The zero-order valence-corrected chi connectivity index (χ0v) is 14.4. The highest BCUT2D eigenvalue weighted by atomic mass is 35.5. The summed E-state index contributed by atoms with van der Waals surface area (Å²) in [4.78, 5) is 2.35. The van der Waals surface area contributed by atoms with Crippen LogP contribution in [0.25, 0.3) is 0 Å². The molecule has 116 valence electrons. The molecule has 1 fully saturated rings. The first-order chi connectivity index (χ1) is 8.63. The van der Waals surface area contributed by atoms with Crippen LogP contribution >= 0.6 is 48.0 Å². The SMILES string of the molecule is CC[C@H](c1c(O)cc(Cl)cc1Cl)N1CCNCC1.Cl.Cl. The third-order valence-electron chi connectivity index (χ3n) is 3.38. The van der Waals surface area contributed by atoms with Crippen molar-refractivity contribution in [2.24, 2.45) is 0 Å². The van der Waals surface area contributed by atoms with Crippen LogP contribution in [0.4, 0.5) is 0 Å². The van der Waals surface area contributed by atoms with Crippen molar-refractivity contribution in [3.63, 3.8) is 0 Å². The summed E-state index contributed by atoms with van der Waals surface area (Å²) in [5.74, 6) is 0.192. The van der Waals surface area contributed by atoms with Crippen LogP contribution in [-0.4, -0.2) is 36.2 Å². The highest BCUT2D eigenvalue weighted by molar-refractivity contribution is 6.35. The van der Waals surface area contributed by atoms with E-state index in [1.54, 1.807) is 12.1 Å². The van der Waals surface area contributed by atoms with Gasteiger partial charge in [0.2, 0.25) is 0 Å². The van der Waals surface area contributed by atoms with E-state index in [1.807, 2.05) is 0 Å². The lowest BCUT2D eigenvalue weighted by Gasteiger charge is -2.35. The maximum absolute atomic E-state index is 10.1. The van der Waals surface area contributed by atoms with Crippen molar-refractivity contribution in [2.75, 3.05) is 26.2 Å². The molecule has 7 heteroatoms. The number of hydrogen-bond donors (Lipinski definition) is 2. The van der Waals surface area contributed by atoms with E-state index >= 15 is 0 Å². The van der Waals surface area contributed by atoms with E-state index in [0.29, 0.717) is 10.0 Å². The standard InChI is InChI=1S/C13H18Cl2N2O.2ClH/c1-2-11(17-5-3-16-4-6-17)13-10(15)7-9(14)8-12(13)18;;/h7-8,11,16,18H,2-6H2,1H3;2*1H/t11-;;/m1../s1. The minimum absolute atomic E-state index is 0. The van der Waals surface area contributed by atoms with Gasteiger partial charge in [0.15, 0.2) is 0 Å². The quantitative estimate of drug-likeness (QED) is 0.856. The molecule has 0 aliphatic carbocycles. The molecule has 0 aromatic heterocycles. The number of benzene rings is 1. The van der Waals surface area contributed by atoms with Gasteiger partial charge in [0.1, 0.15) is 5.75 Å². The average Bonchev–Trinajstić information content (AvgIpc) is 2.34. The van der Waals surface area contributed by atoms with Gasteiger partial charge in [0.25, 0.3) is 0 Å². The van der Waals surface area contributed by atoms with Crippen LogP contribution in [0, 0.1) is 0 Å². The molecule has 2 rings (SSSR count). The number of nitrogens with one attached hydrogen (secondary N) is 1. The summed E-state index contributed by atoms with van der Waals surface area (Å²) in [6.07, 6.45) is 0.912. The Balaban J connectivity index is 0.00000180. The summed E-state index contributed by atoms with van der Waals surface area (Å²) in [5, 5.41) is 14.4. The van der Waals surface area contributed by atoms with Gasteiger partial charge >= 0.3 is 0 Å². The van der Waals surface area contributed by atoms with E-state index in [9.17, 15) is 5.11 Å². The van der Waals surface area contributed by atoms with Crippen LogP contribution in [0.3, 0.4) is 0 Å². The summed E-state index contributed by atoms with van der Waals surface area (Å²) < 4.78 is 0. The Labute approximate surface area is 142 Å². The zero-order chi connectivity index (χ0) is 13.1. The van der Waals surface area contributed by atoms with E-state index in [0.717, 1.165) is 38.2 Å². The van der Waals surface area contributed by atoms with Crippen LogP contribution in [0.2, 0.25) is 10.0 Å². The van der Waals surface area contributed by atoms with Gasteiger partial charge in [-0.1, -0.05) is 30.1 Å².